The van der Waals surface area contributed by atoms with E-state index in [0.717, 1.165) is 5.69 Å². The van der Waals surface area contributed by atoms with Crippen LogP contribution in [0.4, 0.5) is 5.69 Å². The Hall–Kier alpha value is -2.04. The molecular formula is C11H12N2O3. The molecule has 5 heteroatoms. The van der Waals surface area contributed by atoms with E-state index in [1.165, 1.54) is 5.01 Å². The molecule has 2 rings (SSSR count). The number of aliphatic carboxylic acids is 1. The summed E-state index contributed by atoms with van der Waals surface area (Å²) in [6, 6.07) is 9.20. The van der Waals surface area contributed by atoms with Gasteiger partial charge in [-0.15, -0.1) is 0 Å². The fraction of sp³-hybridized carbons (Fsp3) is 0.273. The zero-order valence-electron chi connectivity index (χ0n) is 8.59. The summed E-state index contributed by atoms with van der Waals surface area (Å²) in [7, 11) is 0. The second-order valence-corrected chi connectivity index (χ2v) is 3.72. The average Bonchev–Trinajstić information content (AvgIpc) is 2.62. The van der Waals surface area contributed by atoms with Crippen molar-refractivity contribution in [2.75, 3.05) is 12.0 Å². The minimum atomic E-state index is -0.925. The molecule has 0 bridgehead atoms. The predicted molar refractivity (Wildman–Crippen MR) is 57.5 cm³/mol. The Morgan fingerprint density at radius 1 is 1.38 bits per heavy atom. The molecule has 0 saturated carbocycles. The number of para-hydroxylation sites is 1. The number of nitrogens with one attached hydrogen (secondary N) is 1. The SMILES string of the molecule is O=C(O)[C@H]1CC(=O)N(Nc2ccccc2)C1. The van der Waals surface area contributed by atoms with Crippen molar-refractivity contribution in [1.29, 1.82) is 0 Å². The highest BCUT2D eigenvalue weighted by Crippen LogP contribution is 2.19. The van der Waals surface area contributed by atoms with Crippen molar-refractivity contribution >= 4 is 17.6 Å². The van der Waals surface area contributed by atoms with Gasteiger partial charge in [-0.3, -0.25) is 20.0 Å². The van der Waals surface area contributed by atoms with Gasteiger partial charge in [0.15, 0.2) is 0 Å². The van der Waals surface area contributed by atoms with Crippen LogP contribution >= 0.6 is 0 Å². The molecule has 1 aromatic carbocycles. The first kappa shape index (κ1) is 10.5. The number of amides is 1. The lowest BCUT2D eigenvalue weighted by Gasteiger charge is -2.18. The number of anilines is 1. The smallest absolute Gasteiger partial charge is 0.308 e. The molecule has 0 spiro atoms. The van der Waals surface area contributed by atoms with E-state index in [2.05, 4.69) is 5.43 Å². The predicted octanol–water partition coefficient (Wildman–Crippen LogP) is 0.947. The molecule has 0 aromatic heterocycles. The van der Waals surface area contributed by atoms with Crippen molar-refractivity contribution in [3.8, 4) is 0 Å². The molecule has 1 aromatic rings. The van der Waals surface area contributed by atoms with Crippen molar-refractivity contribution in [2.45, 2.75) is 6.42 Å². The summed E-state index contributed by atoms with van der Waals surface area (Å²) in [5.74, 6) is -1.72. The molecule has 1 aliphatic rings. The van der Waals surface area contributed by atoms with E-state index in [-0.39, 0.29) is 18.9 Å². The Labute approximate surface area is 92.6 Å². The number of hydrogen-bond acceptors (Lipinski definition) is 3. The number of carboxylic acids is 1. The molecule has 1 saturated heterocycles. The third kappa shape index (κ3) is 2.13. The second-order valence-electron chi connectivity index (χ2n) is 3.72. The zero-order valence-corrected chi connectivity index (χ0v) is 8.59. The van der Waals surface area contributed by atoms with Gasteiger partial charge in [0.2, 0.25) is 5.91 Å². The third-order valence-corrected chi connectivity index (χ3v) is 2.51. The van der Waals surface area contributed by atoms with Crippen molar-refractivity contribution < 1.29 is 14.7 Å². The number of hydrazine groups is 1. The van der Waals surface area contributed by atoms with Crippen LogP contribution in [0.1, 0.15) is 6.42 Å². The number of hydrogen-bond donors (Lipinski definition) is 2. The minimum Gasteiger partial charge on any atom is -0.481 e. The highest BCUT2D eigenvalue weighted by molar-refractivity contribution is 5.86. The Morgan fingerprint density at radius 3 is 2.62 bits per heavy atom. The molecule has 2 N–H and O–H groups in total. The van der Waals surface area contributed by atoms with Gasteiger partial charge in [-0.1, -0.05) is 18.2 Å². The summed E-state index contributed by atoms with van der Waals surface area (Å²) in [4.78, 5) is 22.2. The summed E-state index contributed by atoms with van der Waals surface area (Å²) in [6.07, 6.45) is 0.0646. The quantitative estimate of drug-likeness (QED) is 0.795. The van der Waals surface area contributed by atoms with E-state index in [4.69, 9.17) is 5.11 Å². The maximum Gasteiger partial charge on any atom is 0.308 e. The standard InChI is InChI=1S/C11H12N2O3/c14-10-6-8(11(15)16)7-13(10)12-9-4-2-1-3-5-9/h1-5,8,12H,6-7H2,(H,15,16)/t8-/m0/s1. The van der Waals surface area contributed by atoms with Gasteiger partial charge in [-0.2, -0.15) is 0 Å². The number of carboxylic acid groups (broad SMARTS) is 1. The highest BCUT2D eigenvalue weighted by atomic mass is 16.4. The number of nitrogens with zero attached hydrogens (tertiary/aromatic N) is 1. The van der Waals surface area contributed by atoms with Crippen LogP contribution in [0, 0.1) is 5.92 Å². The summed E-state index contributed by atoms with van der Waals surface area (Å²) >= 11 is 0. The summed E-state index contributed by atoms with van der Waals surface area (Å²) in [5.41, 5.74) is 3.68. The van der Waals surface area contributed by atoms with Gasteiger partial charge < -0.3 is 5.11 Å². The van der Waals surface area contributed by atoms with Gasteiger partial charge in [0.05, 0.1) is 18.2 Å². The highest BCUT2D eigenvalue weighted by Gasteiger charge is 2.34. The van der Waals surface area contributed by atoms with Crippen LogP contribution in [0.3, 0.4) is 0 Å². The Bertz CT molecular complexity index is 405. The van der Waals surface area contributed by atoms with E-state index in [1.807, 2.05) is 30.3 Å². The maximum absolute atomic E-state index is 11.5. The Kier molecular flexibility index (Phi) is 2.76. The molecule has 1 atom stereocenters. The van der Waals surface area contributed by atoms with E-state index in [0.29, 0.717) is 0 Å². The lowest BCUT2D eigenvalue weighted by atomic mass is 10.1. The lowest BCUT2D eigenvalue weighted by molar-refractivity contribution is -0.141. The number of carbonyl (C=O) groups is 2. The van der Waals surface area contributed by atoms with Crippen LogP contribution in [0.15, 0.2) is 30.3 Å². The number of benzene rings is 1. The third-order valence-electron chi connectivity index (χ3n) is 2.51. The molecule has 16 heavy (non-hydrogen) atoms. The molecule has 1 fully saturated rings. The minimum absolute atomic E-state index is 0.0646. The first-order chi connectivity index (χ1) is 7.66. The summed E-state index contributed by atoms with van der Waals surface area (Å²) in [6.45, 7) is 0.211. The van der Waals surface area contributed by atoms with E-state index in [1.54, 1.807) is 0 Å². The average molecular weight is 220 g/mol. The van der Waals surface area contributed by atoms with Crippen molar-refractivity contribution in [2.24, 2.45) is 5.92 Å². The largest absolute Gasteiger partial charge is 0.481 e. The molecular weight excluding hydrogens is 208 g/mol. The van der Waals surface area contributed by atoms with Crippen LogP contribution in [-0.2, 0) is 9.59 Å². The van der Waals surface area contributed by atoms with Crippen LogP contribution in [-0.4, -0.2) is 28.5 Å². The molecule has 0 aliphatic carbocycles. The van der Waals surface area contributed by atoms with E-state index in [9.17, 15) is 9.59 Å². The second kappa shape index (κ2) is 4.22. The topological polar surface area (TPSA) is 69.6 Å². The number of rotatable bonds is 3. The fourth-order valence-corrected chi connectivity index (χ4v) is 1.65. The monoisotopic (exact) mass is 220 g/mol. The van der Waals surface area contributed by atoms with Gasteiger partial charge in [-0.25, -0.2) is 0 Å². The van der Waals surface area contributed by atoms with Crippen LogP contribution in [0.2, 0.25) is 0 Å². The van der Waals surface area contributed by atoms with Gasteiger partial charge in [0.25, 0.3) is 0 Å². The zero-order chi connectivity index (χ0) is 11.5. The first-order valence-electron chi connectivity index (χ1n) is 5.01. The molecule has 1 heterocycles. The molecule has 84 valence electrons. The molecule has 0 unspecified atom stereocenters. The van der Waals surface area contributed by atoms with E-state index >= 15 is 0 Å². The van der Waals surface area contributed by atoms with Gasteiger partial charge in [0, 0.05) is 6.42 Å². The van der Waals surface area contributed by atoms with Gasteiger partial charge in [-0.05, 0) is 12.1 Å². The molecule has 1 aliphatic heterocycles. The molecule has 0 radical (unpaired) electrons. The van der Waals surface area contributed by atoms with Crippen molar-refractivity contribution in [1.82, 2.24) is 5.01 Å². The van der Waals surface area contributed by atoms with E-state index < -0.39 is 11.9 Å². The normalized spacial score (nSPS) is 19.9. The number of carbonyl (C=O) groups excluding carboxylic acids is 1. The molecule has 5 nitrogen and oxygen atoms in total. The Morgan fingerprint density at radius 2 is 2.06 bits per heavy atom. The van der Waals surface area contributed by atoms with Gasteiger partial charge in [0.1, 0.15) is 0 Å². The summed E-state index contributed by atoms with van der Waals surface area (Å²) < 4.78 is 0. The maximum atomic E-state index is 11.5. The Balaban J connectivity index is 2.02. The van der Waals surface area contributed by atoms with Crippen molar-refractivity contribution in [3.63, 3.8) is 0 Å². The summed E-state index contributed by atoms with van der Waals surface area (Å²) in [5, 5.41) is 10.2. The molecule has 1 amide bonds. The lowest BCUT2D eigenvalue weighted by Crippen LogP contribution is -2.32. The van der Waals surface area contributed by atoms with Crippen LogP contribution < -0.4 is 5.43 Å². The van der Waals surface area contributed by atoms with Crippen molar-refractivity contribution in [3.05, 3.63) is 30.3 Å². The fourth-order valence-electron chi connectivity index (χ4n) is 1.65. The van der Waals surface area contributed by atoms with Crippen LogP contribution in [0.25, 0.3) is 0 Å². The first-order valence-corrected chi connectivity index (χ1v) is 5.01. The van der Waals surface area contributed by atoms with Crippen LogP contribution in [0.5, 0.6) is 0 Å². The van der Waals surface area contributed by atoms with Gasteiger partial charge >= 0.3 is 5.97 Å².